The number of aliphatic hydroxyl groups is 1. The van der Waals surface area contributed by atoms with Crippen LogP contribution in [0.4, 0.5) is 0 Å². The van der Waals surface area contributed by atoms with Gasteiger partial charge in [0, 0.05) is 13.0 Å². The molecule has 4 rings (SSSR count). The number of carbonyl (C=O) groups excluding carboxylic acids is 1. The van der Waals surface area contributed by atoms with Crippen LogP contribution in [0.15, 0.2) is 24.3 Å². The van der Waals surface area contributed by atoms with Crippen LogP contribution in [-0.2, 0) is 19.0 Å². The first-order chi connectivity index (χ1) is 16.6. The molecule has 3 aliphatic rings. The maximum atomic E-state index is 12.7. The molecule has 0 aromatic heterocycles. The molecule has 0 radical (unpaired) electrons. The van der Waals surface area contributed by atoms with Crippen molar-refractivity contribution < 1.29 is 33.6 Å². The second-order valence-corrected chi connectivity index (χ2v) is 10.00. The van der Waals surface area contributed by atoms with Gasteiger partial charge in [0.05, 0.1) is 31.3 Å². The first-order valence-electron chi connectivity index (χ1n) is 13.1. The first kappa shape index (κ1) is 25.4. The lowest BCUT2D eigenvalue weighted by Crippen LogP contribution is -2.30. The molecule has 0 spiro atoms. The van der Waals surface area contributed by atoms with Gasteiger partial charge in [0.2, 0.25) is 0 Å². The number of aliphatic hydroxyl groups excluding tert-OH is 1. The van der Waals surface area contributed by atoms with E-state index in [1.165, 1.54) is 0 Å². The zero-order valence-corrected chi connectivity index (χ0v) is 20.4. The number of rotatable bonds is 12. The average Bonchev–Trinajstić information content (AvgIpc) is 3.68. The molecule has 2 saturated carbocycles. The molecular weight excluding hydrogens is 436 g/mol. The predicted molar refractivity (Wildman–Crippen MR) is 127 cm³/mol. The molecule has 1 N–H and O–H groups in total. The molecule has 1 saturated heterocycles. The molecule has 3 fully saturated rings. The van der Waals surface area contributed by atoms with Crippen molar-refractivity contribution in [3.8, 4) is 11.5 Å². The summed E-state index contributed by atoms with van der Waals surface area (Å²) >= 11 is 0. The lowest BCUT2D eigenvalue weighted by molar-refractivity contribution is -0.141. The van der Waals surface area contributed by atoms with Crippen LogP contribution in [0.2, 0.25) is 0 Å². The highest BCUT2D eigenvalue weighted by Crippen LogP contribution is 2.30. The van der Waals surface area contributed by atoms with Crippen LogP contribution in [0.3, 0.4) is 0 Å². The Morgan fingerprint density at radius 3 is 2.32 bits per heavy atom. The molecule has 0 bridgehead atoms. The molecule has 1 aromatic carbocycles. The Labute approximate surface area is 203 Å². The zero-order chi connectivity index (χ0) is 23.8. The van der Waals surface area contributed by atoms with E-state index in [1.54, 1.807) is 12.1 Å². The quantitative estimate of drug-likeness (QED) is 0.204. The van der Waals surface area contributed by atoms with Crippen molar-refractivity contribution in [2.24, 2.45) is 11.8 Å². The zero-order valence-electron chi connectivity index (χ0n) is 20.4. The fourth-order valence-electron chi connectivity index (χ4n) is 4.78. The average molecular weight is 477 g/mol. The third kappa shape index (κ3) is 8.22. The van der Waals surface area contributed by atoms with E-state index in [9.17, 15) is 9.90 Å². The number of ether oxygens (including phenoxy) is 5. The van der Waals surface area contributed by atoms with E-state index in [2.05, 4.69) is 6.92 Å². The van der Waals surface area contributed by atoms with Crippen LogP contribution in [0.25, 0.3) is 0 Å². The van der Waals surface area contributed by atoms with Crippen LogP contribution in [0.5, 0.6) is 11.5 Å². The predicted octanol–water partition coefficient (Wildman–Crippen LogP) is 4.64. The van der Waals surface area contributed by atoms with Crippen LogP contribution >= 0.6 is 0 Å². The summed E-state index contributed by atoms with van der Waals surface area (Å²) in [6.07, 6.45) is 9.06. The van der Waals surface area contributed by atoms with Crippen molar-refractivity contribution in [3.63, 3.8) is 0 Å². The Morgan fingerprint density at radius 2 is 1.68 bits per heavy atom. The molecule has 1 aromatic rings. The first-order valence-corrected chi connectivity index (χ1v) is 13.1. The maximum Gasteiger partial charge on any atom is 0.314 e. The van der Waals surface area contributed by atoms with Crippen LogP contribution in [-0.4, -0.2) is 55.5 Å². The fourth-order valence-corrected chi connectivity index (χ4v) is 4.78. The van der Waals surface area contributed by atoms with E-state index >= 15 is 0 Å². The lowest BCUT2D eigenvalue weighted by atomic mass is 9.86. The normalized spacial score (nSPS) is 29.9. The molecule has 1 aliphatic heterocycles. The second kappa shape index (κ2) is 12.9. The molecular formula is C27H40O7. The number of hydrogen-bond acceptors (Lipinski definition) is 7. The second-order valence-electron chi connectivity index (χ2n) is 10.00. The van der Waals surface area contributed by atoms with Gasteiger partial charge in [-0.1, -0.05) is 13.3 Å². The van der Waals surface area contributed by atoms with Crippen LogP contribution < -0.4 is 9.47 Å². The molecule has 2 atom stereocenters. The summed E-state index contributed by atoms with van der Waals surface area (Å²) in [5.74, 6) is 1.56. The van der Waals surface area contributed by atoms with E-state index in [1.807, 2.05) is 12.1 Å². The van der Waals surface area contributed by atoms with Crippen molar-refractivity contribution in [2.45, 2.75) is 95.7 Å². The number of esters is 1. The highest BCUT2D eigenvalue weighted by Gasteiger charge is 2.29. The van der Waals surface area contributed by atoms with Gasteiger partial charge in [-0.2, -0.15) is 0 Å². The van der Waals surface area contributed by atoms with E-state index < -0.39 is 0 Å². The minimum absolute atomic E-state index is 0.0763. The Hall–Kier alpha value is -1.67. The molecule has 190 valence electrons. The Kier molecular flexibility index (Phi) is 9.62. The standard InChI is InChI=1S/C27H40O7/c1-2-3-26(32-18-25-17-31-25)33-23-12-14-24(15-13-23)34-27(29)20-6-10-22(11-7-20)30-16-19-4-8-21(28)9-5-19/h12-15,19-22,25-26,28H,2-11,16-18H2,1H3. The Bertz CT molecular complexity index is 732. The Morgan fingerprint density at radius 1 is 1.00 bits per heavy atom. The largest absolute Gasteiger partial charge is 0.465 e. The van der Waals surface area contributed by atoms with Crippen molar-refractivity contribution in [1.82, 2.24) is 0 Å². The minimum Gasteiger partial charge on any atom is -0.465 e. The number of benzene rings is 1. The fraction of sp³-hybridized carbons (Fsp3) is 0.741. The summed E-state index contributed by atoms with van der Waals surface area (Å²) in [7, 11) is 0. The van der Waals surface area contributed by atoms with Gasteiger partial charge in [-0.15, -0.1) is 0 Å². The topological polar surface area (TPSA) is 86.8 Å². The van der Waals surface area contributed by atoms with E-state index in [0.717, 1.165) is 77.4 Å². The van der Waals surface area contributed by atoms with Gasteiger partial charge >= 0.3 is 5.97 Å². The highest BCUT2D eigenvalue weighted by molar-refractivity contribution is 5.75. The van der Waals surface area contributed by atoms with Crippen molar-refractivity contribution in [3.05, 3.63) is 24.3 Å². The van der Waals surface area contributed by atoms with Crippen molar-refractivity contribution in [1.29, 1.82) is 0 Å². The number of epoxide rings is 1. The van der Waals surface area contributed by atoms with E-state index in [0.29, 0.717) is 24.0 Å². The third-order valence-electron chi connectivity index (χ3n) is 7.10. The van der Waals surface area contributed by atoms with Gasteiger partial charge in [-0.3, -0.25) is 4.79 Å². The SMILES string of the molecule is CCCC(OCC1CO1)Oc1ccc(OC(=O)C2CCC(OCC3CCC(O)CC3)CC2)cc1. The summed E-state index contributed by atoms with van der Waals surface area (Å²) in [6.45, 7) is 4.19. The summed E-state index contributed by atoms with van der Waals surface area (Å²) in [5, 5.41) is 9.64. The molecule has 34 heavy (non-hydrogen) atoms. The minimum atomic E-state index is -0.301. The molecule has 2 unspecified atom stereocenters. The van der Waals surface area contributed by atoms with Crippen LogP contribution in [0, 0.1) is 11.8 Å². The van der Waals surface area contributed by atoms with Gasteiger partial charge in [0.25, 0.3) is 0 Å². The van der Waals surface area contributed by atoms with Crippen molar-refractivity contribution in [2.75, 3.05) is 19.8 Å². The number of hydrogen-bond donors (Lipinski definition) is 1. The highest BCUT2D eigenvalue weighted by atomic mass is 16.7. The third-order valence-corrected chi connectivity index (χ3v) is 7.10. The van der Waals surface area contributed by atoms with E-state index in [4.69, 9.17) is 23.7 Å². The van der Waals surface area contributed by atoms with Gasteiger partial charge < -0.3 is 28.8 Å². The van der Waals surface area contributed by atoms with Gasteiger partial charge in [-0.25, -0.2) is 0 Å². The summed E-state index contributed by atoms with van der Waals surface area (Å²) in [5.41, 5.74) is 0. The smallest absolute Gasteiger partial charge is 0.314 e. The Balaban J connectivity index is 1.15. The lowest BCUT2D eigenvalue weighted by Gasteiger charge is -2.30. The maximum absolute atomic E-state index is 12.7. The van der Waals surface area contributed by atoms with Crippen molar-refractivity contribution >= 4 is 5.97 Å². The monoisotopic (exact) mass is 476 g/mol. The van der Waals surface area contributed by atoms with E-state index in [-0.39, 0.29) is 36.5 Å². The van der Waals surface area contributed by atoms with Gasteiger partial charge in [0.15, 0.2) is 6.29 Å². The molecule has 7 heteroatoms. The summed E-state index contributed by atoms with van der Waals surface area (Å²) in [6, 6.07) is 7.18. The van der Waals surface area contributed by atoms with Gasteiger partial charge in [-0.05, 0) is 81.5 Å². The summed E-state index contributed by atoms with van der Waals surface area (Å²) < 4.78 is 28.7. The molecule has 1 heterocycles. The molecule has 2 aliphatic carbocycles. The van der Waals surface area contributed by atoms with Gasteiger partial charge in [0.1, 0.15) is 17.6 Å². The molecule has 7 nitrogen and oxygen atoms in total. The summed E-state index contributed by atoms with van der Waals surface area (Å²) in [4.78, 5) is 12.7. The molecule has 0 amide bonds. The van der Waals surface area contributed by atoms with Crippen LogP contribution in [0.1, 0.15) is 71.1 Å². The number of carbonyl (C=O) groups is 1.